The van der Waals surface area contributed by atoms with Gasteiger partial charge in [-0.3, -0.25) is 4.79 Å². The van der Waals surface area contributed by atoms with Crippen LogP contribution in [0.25, 0.3) is 5.57 Å². The fraction of sp³-hybridized carbons (Fsp3) is 0.400. The van der Waals surface area contributed by atoms with E-state index in [0.717, 1.165) is 12.2 Å². The zero-order valence-electron chi connectivity index (χ0n) is 22.9. The zero-order valence-corrected chi connectivity index (χ0v) is 22.9. The summed E-state index contributed by atoms with van der Waals surface area (Å²) in [5.74, 6) is -1.69. The van der Waals surface area contributed by atoms with Gasteiger partial charge >= 0.3 is 18.2 Å². The highest BCUT2D eigenvalue weighted by Gasteiger charge is 2.39. The smallest absolute Gasteiger partial charge is 0.416 e. The minimum absolute atomic E-state index is 0.0584. The first-order chi connectivity index (χ1) is 19.0. The van der Waals surface area contributed by atoms with E-state index in [9.17, 15) is 27.2 Å². The molecule has 216 valence electrons. The number of carbonyl (C=O) groups is 2. The molecule has 0 saturated carbocycles. The summed E-state index contributed by atoms with van der Waals surface area (Å²) in [5, 5.41) is 0. The number of nitrogens with zero attached hydrogens (tertiary/aromatic N) is 1. The summed E-state index contributed by atoms with van der Waals surface area (Å²) in [6.45, 7) is 5.53. The Morgan fingerprint density at radius 2 is 1.68 bits per heavy atom. The van der Waals surface area contributed by atoms with E-state index in [4.69, 9.17) is 14.2 Å². The highest BCUT2D eigenvalue weighted by atomic mass is 19.4. The van der Waals surface area contributed by atoms with E-state index in [-0.39, 0.29) is 32.7 Å². The van der Waals surface area contributed by atoms with Crippen molar-refractivity contribution in [2.24, 2.45) is 11.8 Å². The van der Waals surface area contributed by atoms with E-state index < -0.39 is 41.5 Å². The first kappa shape index (κ1) is 30.7. The maximum atomic E-state index is 13.9. The molecule has 10 heteroatoms. The third-order valence-corrected chi connectivity index (χ3v) is 6.68. The molecular formula is C30H33F4NO5. The standard InChI is InChI=1S/C30H33F4NO5/c1-5-35(29(37)40-18-20-7-10-23(31)11-8-20)17-26-19(3)13-22(30(32,33)34)16-24(26)25-14-21(9-12-27(25)38-4)15-28(36)39-6-2/h7-14,16,19,26H,5-6,15,17-18H2,1-4H3. The predicted molar refractivity (Wildman–Crippen MR) is 142 cm³/mol. The summed E-state index contributed by atoms with van der Waals surface area (Å²) >= 11 is 0. The van der Waals surface area contributed by atoms with Crippen molar-refractivity contribution in [2.75, 3.05) is 26.8 Å². The van der Waals surface area contributed by atoms with Crippen molar-refractivity contribution in [1.29, 1.82) is 0 Å². The van der Waals surface area contributed by atoms with E-state index in [2.05, 4.69) is 0 Å². The van der Waals surface area contributed by atoms with Crippen LogP contribution in [0.2, 0.25) is 0 Å². The van der Waals surface area contributed by atoms with Gasteiger partial charge in [0.25, 0.3) is 0 Å². The second-order valence-electron chi connectivity index (χ2n) is 9.42. The number of hydrogen-bond donors (Lipinski definition) is 0. The van der Waals surface area contributed by atoms with E-state index in [0.29, 0.717) is 28.0 Å². The van der Waals surface area contributed by atoms with Crippen molar-refractivity contribution in [1.82, 2.24) is 4.90 Å². The molecule has 6 nitrogen and oxygen atoms in total. The van der Waals surface area contributed by atoms with Gasteiger partial charge in [-0.25, -0.2) is 9.18 Å². The molecule has 0 saturated heterocycles. The Kier molecular flexibility index (Phi) is 10.4. The van der Waals surface area contributed by atoms with Gasteiger partial charge in [-0.1, -0.05) is 31.2 Å². The maximum Gasteiger partial charge on any atom is 0.416 e. The average Bonchev–Trinajstić information content (AvgIpc) is 2.91. The van der Waals surface area contributed by atoms with Crippen molar-refractivity contribution in [3.63, 3.8) is 0 Å². The van der Waals surface area contributed by atoms with Crippen molar-refractivity contribution >= 4 is 17.6 Å². The Morgan fingerprint density at radius 1 is 1.00 bits per heavy atom. The maximum absolute atomic E-state index is 13.9. The molecule has 0 bridgehead atoms. The Balaban J connectivity index is 1.94. The number of benzene rings is 2. The average molecular weight is 564 g/mol. The van der Waals surface area contributed by atoms with Gasteiger partial charge in [-0.05, 0) is 66.8 Å². The van der Waals surface area contributed by atoms with Gasteiger partial charge in [-0.15, -0.1) is 0 Å². The lowest BCUT2D eigenvalue weighted by Crippen LogP contribution is -2.38. The Bertz CT molecular complexity index is 1250. The summed E-state index contributed by atoms with van der Waals surface area (Å²) in [4.78, 5) is 26.5. The molecule has 0 fully saturated rings. The molecule has 0 radical (unpaired) electrons. The number of alkyl halides is 3. The highest BCUT2D eigenvalue weighted by Crippen LogP contribution is 2.43. The molecule has 2 unspecified atom stereocenters. The van der Waals surface area contributed by atoms with E-state index >= 15 is 0 Å². The van der Waals surface area contributed by atoms with Crippen molar-refractivity contribution < 1.29 is 41.4 Å². The van der Waals surface area contributed by atoms with E-state index in [1.165, 1.54) is 36.3 Å². The quantitative estimate of drug-likeness (QED) is 0.237. The van der Waals surface area contributed by atoms with Crippen LogP contribution in [0.15, 0.2) is 60.2 Å². The van der Waals surface area contributed by atoms with E-state index in [1.807, 2.05) is 0 Å². The monoisotopic (exact) mass is 563 g/mol. The van der Waals surface area contributed by atoms with Crippen LogP contribution in [-0.2, 0) is 27.3 Å². The Hall–Kier alpha value is -3.82. The molecule has 0 N–H and O–H groups in total. The second-order valence-corrected chi connectivity index (χ2v) is 9.42. The normalized spacial score (nSPS) is 17.0. The number of amides is 1. The molecular weight excluding hydrogens is 530 g/mol. The topological polar surface area (TPSA) is 65.1 Å². The third-order valence-electron chi connectivity index (χ3n) is 6.68. The molecule has 1 aliphatic rings. The number of halogens is 4. The number of ether oxygens (including phenoxy) is 3. The molecule has 0 heterocycles. The summed E-state index contributed by atoms with van der Waals surface area (Å²) in [7, 11) is 1.41. The van der Waals surface area contributed by atoms with Crippen molar-refractivity contribution in [3.05, 3.63) is 82.7 Å². The molecule has 2 aromatic carbocycles. The minimum Gasteiger partial charge on any atom is -0.496 e. The lowest BCUT2D eigenvalue weighted by molar-refractivity contribution is -0.142. The van der Waals surface area contributed by atoms with Crippen molar-refractivity contribution in [3.8, 4) is 5.75 Å². The molecule has 1 amide bonds. The number of carbonyl (C=O) groups excluding carboxylic acids is 2. The number of hydrogen-bond acceptors (Lipinski definition) is 5. The predicted octanol–water partition coefficient (Wildman–Crippen LogP) is 6.74. The molecule has 1 aliphatic carbocycles. The molecule has 40 heavy (non-hydrogen) atoms. The number of methoxy groups -OCH3 is 1. The van der Waals surface area contributed by atoms with Gasteiger partial charge in [-0.2, -0.15) is 13.2 Å². The van der Waals surface area contributed by atoms with Crippen molar-refractivity contribution in [2.45, 2.75) is 40.0 Å². The minimum atomic E-state index is -4.58. The SMILES string of the molecule is CCOC(=O)Cc1ccc(OC)c(C2=CC(C(F)(F)F)=CC(C)C2CN(CC)C(=O)OCc2ccc(F)cc2)c1. The molecule has 0 aromatic heterocycles. The Morgan fingerprint density at radius 3 is 2.27 bits per heavy atom. The van der Waals surface area contributed by atoms with Crippen LogP contribution in [0.5, 0.6) is 5.75 Å². The number of allylic oxidation sites excluding steroid dienone is 3. The zero-order chi connectivity index (χ0) is 29.4. The van der Waals surface area contributed by atoms with Crippen LogP contribution in [0.1, 0.15) is 37.5 Å². The molecule has 0 spiro atoms. The van der Waals surface area contributed by atoms with Gasteiger partial charge in [0.2, 0.25) is 0 Å². The second kappa shape index (κ2) is 13.5. The first-order valence-corrected chi connectivity index (χ1v) is 13.0. The molecule has 2 atom stereocenters. The molecule has 0 aliphatic heterocycles. The summed E-state index contributed by atoms with van der Waals surface area (Å²) in [6, 6.07) is 10.4. The fourth-order valence-electron chi connectivity index (χ4n) is 4.58. The lowest BCUT2D eigenvalue weighted by atomic mass is 9.77. The summed E-state index contributed by atoms with van der Waals surface area (Å²) < 4.78 is 70.8. The Labute approximate surface area is 231 Å². The van der Waals surface area contributed by atoms with Crippen LogP contribution in [0, 0.1) is 17.7 Å². The van der Waals surface area contributed by atoms with E-state index in [1.54, 1.807) is 39.0 Å². The van der Waals surface area contributed by atoms with Crippen LogP contribution >= 0.6 is 0 Å². The van der Waals surface area contributed by atoms with Gasteiger partial charge in [0.1, 0.15) is 18.2 Å². The van der Waals surface area contributed by atoms with Gasteiger partial charge in [0.05, 0.1) is 25.7 Å². The molecule has 3 rings (SSSR count). The van der Waals surface area contributed by atoms with Crippen LogP contribution in [0.4, 0.5) is 22.4 Å². The fourth-order valence-corrected chi connectivity index (χ4v) is 4.58. The van der Waals surface area contributed by atoms with Crippen LogP contribution < -0.4 is 4.74 Å². The summed E-state index contributed by atoms with van der Waals surface area (Å²) in [5.41, 5.74) is 1.07. The highest BCUT2D eigenvalue weighted by molar-refractivity contribution is 5.79. The third kappa shape index (κ3) is 7.86. The van der Waals surface area contributed by atoms with Crippen LogP contribution in [0.3, 0.4) is 0 Å². The molecule has 2 aromatic rings. The number of rotatable bonds is 10. The van der Waals surface area contributed by atoms with Gasteiger partial charge in [0, 0.05) is 24.6 Å². The van der Waals surface area contributed by atoms with Gasteiger partial charge in [0.15, 0.2) is 0 Å². The lowest BCUT2D eigenvalue weighted by Gasteiger charge is -2.34. The summed E-state index contributed by atoms with van der Waals surface area (Å²) in [6.07, 6.45) is -3.06. The largest absolute Gasteiger partial charge is 0.496 e. The van der Waals surface area contributed by atoms with Crippen LogP contribution in [-0.4, -0.2) is 49.9 Å². The number of esters is 1. The van der Waals surface area contributed by atoms with Gasteiger partial charge < -0.3 is 19.1 Å². The first-order valence-electron chi connectivity index (χ1n) is 13.0.